The summed E-state index contributed by atoms with van der Waals surface area (Å²) in [6.07, 6.45) is 3.73. The van der Waals surface area contributed by atoms with Crippen LogP contribution in [0.3, 0.4) is 0 Å². The number of nitrogens with one attached hydrogen (secondary N) is 2. The maximum absolute atomic E-state index is 12.1. The van der Waals surface area contributed by atoms with E-state index < -0.39 is 0 Å². The third-order valence-corrected chi connectivity index (χ3v) is 4.04. The lowest BCUT2D eigenvalue weighted by atomic mass is 10.1. The predicted molar refractivity (Wildman–Crippen MR) is 89.3 cm³/mol. The molecule has 1 aromatic carbocycles. The fraction of sp³-hybridized carbons (Fsp3) is 0.375. The van der Waals surface area contributed by atoms with Gasteiger partial charge in [0.05, 0.1) is 23.4 Å². The number of ether oxygens (including phenoxy) is 1. The first-order chi connectivity index (χ1) is 11.1. The Morgan fingerprint density at radius 1 is 1.43 bits per heavy atom. The van der Waals surface area contributed by atoms with Crippen LogP contribution in [0, 0.1) is 6.92 Å². The number of hydrogen-bond acceptors (Lipinski definition) is 3. The number of anilines is 1. The fourth-order valence-corrected chi connectivity index (χ4v) is 2.75. The molecule has 1 fully saturated rings. The normalized spacial score (nSPS) is 17.7. The third kappa shape index (κ3) is 3.83. The highest BCUT2D eigenvalue weighted by Gasteiger charge is 2.17. The number of nitrogens with zero attached hydrogens (tertiary/aromatic N) is 2. The molecule has 0 radical (unpaired) electrons. The van der Waals surface area contributed by atoms with E-state index in [1.807, 2.05) is 31.3 Å². The fourth-order valence-electron chi connectivity index (χ4n) is 2.53. The number of aryl methyl sites for hydroxylation is 1. The summed E-state index contributed by atoms with van der Waals surface area (Å²) in [6, 6.07) is 7.21. The van der Waals surface area contributed by atoms with Crippen LogP contribution in [0.25, 0.3) is 5.69 Å². The molecule has 0 bridgehead atoms. The van der Waals surface area contributed by atoms with Crippen molar-refractivity contribution in [2.75, 3.05) is 18.5 Å². The lowest BCUT2D eigenvalue weighted by molar-refractivity contribution is 0.0739. The summed E-state index contributed by atoms with van der Waals surface area (Å²) in [5.74, 6) is 0.513. The van der Waals surface area contributed by atoms with E-state index in [4.69, 9.17) is 16.3 Å². The van der Waals surface area contributed by atoms with Gasteiger partial charge in [0.25, 0.3) is 0 Å². The molecule has 0 aliphatic carbocycles. The molecule has 0 spiro atoms. The molecule has 7 heteroatoms. The average molecular weight is 335 g/mol. The molecule has 2 N–H and O–H groups in total. The molecule has 122 valence electrons. The second-order valence-electron chi connectivity index (χ2n) is 5.57. The number of urea groups is 1. The minimum Gasteiger partial charge on any atom is -0.379 e. The van der Waals surface area contributed by atoms with Crippen molar-refractivity contribution in [1.82, 2.24) is 15.1 Å². The molecule has 0 unspecified atom stereocenters. The molecule has 0 saturated carbocycles. The molecule has 1 aromatic heterocycles. The Balaban J connectivity index is 1.69. The van der Waals surface area contributed by atoms with Crippen molar-refractivity contribution in [2.24, 2.45) is 0 Å². The summed E-state index contributed by atoms with van der Waals surface area (Å²) < 4.78 is 7.02. The quantitative estimate of drug-likeness (QED) is 0.906. The molecule has 1 atom stereocenters. The minimum absolute atomic E-state index is 0.0507. The highest BCUT2D eigenvalue weighted by Crippen LogP contribution is 2.22. The number of carbonyl (C=O) groups is 1. The van der Waals surface area contributed by atoms with Crippen molar-refractivity contribution in [1.29, 1.82) is 0 Å². The SMILES string of the molecule is Cc1cn(-c2ccccc2Cl)nc1NC(=O)N[C@H]1CCCOC1. The van der Waals surface area contributed by atoms with Crippen molar-refractivity contribution < 1.29 is 9.53 Å². The minimum atomic E-state index is -0.270. The highest BCUT2D eigenvalue weighted by atomic mass is 35.5. The third-order valence-electron chi connectivity index (χ3n) is 3.72. The Morgan fingerprint density at radius 2 is 2.26 bits per heavy atom. The lowest BCUT2D eigenvalue weighted by Gasteiger charge is -2.23. The van der Waals surface area contributed by atoms with Gasteiger partial charge in [-0.15, -0.1) is 5.10 Å². The average Bonchev–Trinajstić information content (AvgIpc) is 2.89. The van der Waals surface area contributed by atoms with Crippen molar-refractivity contribution >= 4 is 23.4 Å². The molecule has 23 heavy (non-hydrogen) atoms. The molecule has 6 nitrogen and oxygen atoms in total. The van der Waals surface area contributed by atoms with Crippen LogP contribution in [0.5, 0.6) is 0 Å². The van der Waals surface area contributed by atoms with Crippen LogP contribution in [0.1, 0.15) is 18.4 Å². The van der Waals surface area contributed by atoms with Crippen LogP contribution in [0.15, 0.2) is 30.5 Å². The number of amides is 2. The van der Waals surface area contributed by atoms with Crippen LogP contribution in [-0.2, 0) is 4.74 Å². The molecule has 1 aliphatic heterocycles. The van der Waals surface area contributed by atoms with Crippen LogP contribution in [-0.4, -0.2) is 35.1 Å². The van der Waals surface area contributed by atoms with Gasteiger partial charge in [-0.25, -0.2) is 9.48 Å². The second kappa shape index (κ2) is 7.02. The second-order valence-corrected chi connectivity index (χ2v) is 5.98. The lowest BCUT2D eigenvalue weighted by Crippen LogP contribution is -2.42. The van der Waals surface area contributed by atoms with E-state index in [2.05, 4.69) is 15.7 Å². The van der Waals surface area contributed by atoms with Gasteiger partial charge in [0, 0.05) is 18.4 Å². The molecule has 2 amide bonds. The van der Waals surface area contributed by atoms with E-state index in [-0.39, 0.29) is 12.1 Å². The van der Waals surface area contributed by atoms with Crippen molar-refractivity contribution in [3.63, 3.8) is 0 Å². The maximum atomic E-state index is 12.1. The van der Waals surface area contributed by atoms with E-state index in [9.17, 15) is 4.79 Å². The number of rotatable bonds is 3. The molecule has 3 rings (SSSR count). The smallest absolute Gasteiger partial charge is 0.320 e. The largest absolute Gasteiger partial charge is 0.379 e. The molecule has 1 saturated heterocycles. The Bertz CT molecular complexity index is 695. The standard InChI is InChI=1S/C16H19ClN4O2/c1-11-9-21(14-7-3-2-6-13(14)17)20-15(11)19-16(22)18-12-5-4-8-23-10-12/h2-3,6-7,9,12H,4-5,8,10H2,1H3,(H2,18,19,20,22)/t12-/m0/s1. The molecular weight excluding hydrogens is 316 g/mol. The Morgan fingerprint density at radius 3 is 3.00 bits per heavy atom. The van der Waals surface area contributed by atoms with Gasteiger partial charge < -0.3 is 10.1 Å². The number of aromatic nitrogens is 2. The topological polar surface area (TPSA) is 68.2 Å². The van der Waals surface area contributed by atoms with Gasteiger partial charge in [0.2, 0.25) is 0 Å². The predicted octanol–water partition coefficient (Wildman–Crippen LogP) is 3.13. The number of halogens is 1. The Hall–Kier alpha value is -2.05. The van der Waals surface area contributed by atoms with Gasteiger partial charge in [0.1, 0.15) is 0 Å². The molecule has 2 aromatic rings. The summed E-state index contributed by atoms with van der Waals surface area (Å²) in [5.41, 5.74) is 1.63. The molecule has 1 aliphatic rings. The van der Waals surface area contributed by atoms with Gasteiger partial charge in [-0.2, -0.15) is 0 Å². The molecule has 2 heterocycles. The van der Waals surface area contributed by atoms with Crippen molar-refractivity contribution in [3.05, 3.63) is 41.0 Å². The van der Waals surface area contributed by atoms with Gasteiger partial charge in [-0.1, -0.05) is 23.7 Å². The molecular formula is C16H19ClN4O2. The first-order valence-electron chi connectivity index (χ1n) is 7.60. The maximum Gasteiger partial charge on any atom is 0.320 e. The summed E-state index contributed by atoms with van der Waals surface area (Å²) in [4.78, 5) is 12.1. The summed E-state index contributed by atoms with van der Waals surface area (Å²) in [7, 11) is 0. The van der Waals surface area contributed by atoms with Crippen molar-refractivity contribution in [2.45, 2.75) is 25.8 Å². The first-order valence-corrected chi connectivity index (χ1v) is 7.98. The van der Waals surface area contributed by atoms with Gasteiger partial charge in [0.15, 0.2) is 5.82 Å². The summed E-state index contributed by atoms with van der Waals surface area (Å²) in [5, 5.41) is 10.7. The zero-order chi connectivity index (χ0) is 16.2. The first kappa shape index (κ1) is 15.8. The number of benzene rings is 1. The zero-order valence-electron chi connectivity index (χ0n) is 12.9. The number of hydrogen-bond donors (Lipinski definition) is 2. The Labute approximate surface area is 139 Å². The van der Waals surface area contributed by atoms with Gasteiger partial charge in [-0.3, -0.25) is 5.32 Å². The van der Waals surface area contributed by atoms with Gasteiger partial charge >= 0.3 is 6.03 Å². The number of para-hydroxylation sites is 1. The summed E-state index contributed by atoms with van der Waals surface area (Å²) >= 11 is 6.18. The van der Waals surface area contributed by atoms with Crippen LogP contribution in [0.2, 0.25) is 5.02 Å². The van der Waals surface area contributed by atoms with E-state index in [0.29, 0.717) is 17.4 Å². The monoisotopic (exact) mass is 334 g/mol. The van der Waals surface area contributed by atoms with E-state index in [1.165, 1.54) is 0 Å². The Kier molecular flexibility index (Phi) is 4.83. The summed E-state index contributed by atoms with van der Waals surface area (Å²) in [6.45, 7) is 3.21. The van der Waals surface area contributed by atoms with Crippen LogP contribution < -0.4 is 10.6 Å². The van der Waals surface area contributed by atoms with E-state index in [0.717, 1.165) is 30.7 Å². The van der Waals surface area contributed by atoms with E-state index in [1.54, 1.807) is 10.7 Å². The number of carbonyl (C=O) groups excluding carboxylic acids is 1. The van der Waals surface area contributed by atoms with Crippen LogP contribution >= 0.6 is 11.6 Å². The van der Waals surface area contributed by atoms with Gasteiger partial charge in [-0.05, 0) is 31.9 Å². The van der Waals surface area contributed by atoms with Crippen molar-refractivity contribution in [3.8, 4) is 5.69 Å². The van der Waals surface area contributed by atoms with E-state index >= 15 is 0 Å². The highest BCUT2D eigenvalue weighted by molar-refractivity contribution is 6.32. The van der Waals surface area contributed by atoms with Crippen LogP contribution in [0.4, 0.5) is 10.6 Å². The zero-order valence-corrected chi connectivity index (χ0v) is 13.6.